The molecule has 0 rings (SSSR count). The van der Waals surface area contributed by atoms with Gasteiger partial charge in [0, 0.05) is 0 Å². The molecule has 0 radical (unpaired) electrons. The molecule has 0 heterocycles. The lowest BCUT2D eigenvalue weighted by molar-refractivity contribution is -0.146. The molecule has 0 unspecified atom stereocenters. The first-order chi connectivity index (χ1) is 4.04. The molecule has 0 aromatic heterocycles. The van der Waals surface area contributed by atoms with Crippen LogP contribution >= 0.6 is 15.9 Å². The fraction of sp³-hybridized carbons (Fsp3) is 0.833. The molecule has 0 saturated heterocycles. The van der Waals surface area contributed by atoms with Crippen LogP contribution in [0.2, 0.25) is 0 Å². The van der Waals surface area contributed by atoms with Crippen molar-refractivity contribution in [2.45, 2.75) is 31.7 Å². The van der Waals surface area contributed by atoms with Crippen molar-refractivity contribution >= 4 is 21.9 Å². The molecule has 0 aliphatic carbocycles. The first-order valence-electron chi connectivity index (χ1n) is 2.88. The summed E-state index contributed by atoms with van der Waals surface area (Å²) in [4.78, 5) is 10.5. The molecular formula is C6H11BrO2. The largest absolute Gasteiger partial charge is 0.462 e. The van der Waals surface area contributed by atoms with Crippen LogP contribution in [0, 0.1) is 0 Å². The van der Waals surface area contributed by atoms with Crippen molar-refractivity contribution in [2.75, 3.05) is 0 Å². The van der Waals surface area contributed by atoms with Crippen LogP contribution in [0.3, 0.4) is 0 Å². The van der Waals surface area contributed by atoms with Gasteiger partial charge in [-0.05, 0) is 20.8 Å². The summed E-state index contributed by atoms with van der Waals surface area (Å²) in [6, 6.07) is 0. The van der Waals surface area contributed by atoms with Crippen LogP contribution in [-0.4, -0.2) is 16.9 Å². The van der Waals surface area contributed by atoms with E-state index in [1.807, 2.05) is 13.8 Å². The maximum absolute atomic E-state index is 10.7. The zero-order valence-electron chi connectivity index (χ0n) is 5.85. The predicted molar refractivity (Wildman–Crippen MR) is 39.6 cm³/mol. The van der Waals surface area contributed by atoms with Crippen LogP contribution in [-0.2, 0) is 9.53 Å². The summed E-state index contributed by atoms with van der Waals surface area (Å²) in [7, 11) is 0. The van der Waals surface area contributed by atoms with E-state index >= 15 is 0 Å². The number of carbonyl (C=O) groups excluding carboxylic acids is 1. The number of rotatable bonds is 2. The Hall–Kier alpha value is -0.0500. The molecule has 0 saturated carbocycles. The summed E-state index contributed by atoms with van der Waals surface area (Å²) in [6.45, 7) is 5.39. The lowest BCUT2D eigenvalue weighted by atomic mass is 10.4. The van der Waals surface area contributed by atoms with Crippen molar-refractivity contribution in [3.63, 3.8) is 0 Å². The van der Waals surface area contributed by atoms with Crippen molar-refractivity contribution in [1.29, 1.82) is 0 Å². The quantitative estimate of drug-likeness (QED) is 0.495. The Morgan fingerprint density at radius 2 is 1.89 bits per heavy atom. The van der Waals surface area contributed by atoms with E-state index in [0.29, 0.717) is 0 Å². The highest BCUT2D eigenvalue weighted by Crippen LogP contribution is 2.01. The van der Waals surface area contributed by atoms with Crippen molar-refractivity contribution in [2.24, 2.45) is 0 Å². The molecule has 0 bridgehead atoms. The number of hydrogen-bond donors (Lipinski definition) is 0. The molecular weight excluding hydrogens is 184 g/mol. The zero-order chi connectivity index (χ0) is 7.44. The molecule has 0 N–H and O–H groups in total. The van der Waals surface area contributed by atoms with Gasteiger partial charge in [-0.15, -0.1) is 0 Å². The third kappa shape index (κ3) is 4.45. The van der Waals surface area contributed by atoms with Gasteiger partial charge >= 0.3 is 5.97 Å². The molecule has 0 fully saturated rings. The van der Waals surface area contributed by atoms with E-state index in [0.717, 1.165) is 0 Å². The molecule has 0 aliphatic heterocycles. The first-order valence-corrected chi connectivity index (χ1v) is 3.80. The molecule has 3 heteroatoms. The molecule has 0 aromatic rings. The highest BCUT2D eigenvalue weighted by atomic mass is 79.9. The highest BCUT2D eigenvalue weighted by molar-refractivity contribution is 9.10. The van der Waals surface area contributed by atoms with Gasteiger partial charge in [0.2, 0.25) is 0 Å². The van der Waals surface area contributed by atoms with E-state index in [1.54, 1.807) is 6.92 Å². The van der Waals surface area contributed by atoms with Crippen molar-refractivity contribution in [3.8, 4) is 0 Å². The standard InChI is InChI=1S/C6H11BrO2/c1-4(2)9-6(8)5(3)7/h4-5H,1-3H3/t5-/m1/s1. The van der Waals surface area contributed by atoms with Crippen molar-refractivity contribution < 1.29 is 9.53 Å². The summed E-state index contributed by atoms with van der Waals surface area (Å²) in [5.41, 5.74) is 0. The normalized spacial score (nSPS) is 13.4. The molecule has 0 spiro atoms. The van der Waals surface area contributed by atoms with Crippen LogP contribution in [0.1, 0.15) is 20.8 Å². The second kappa shape index (κ2) is 3.88. The SMILES string of the molecule is CC(C)OC(=O)[C@@H](C)Br. The first kappa shape index (κ1) is 8.95. The van der Waals surface area contributed by atoms with Crippen LogP contribution in [0.15, 0.2) is 0 Å². The predicted octanol–water partition coefficient (Wildman–Crippen LogP) is 1.72. The zero-order valence-corrected chi connectivity index (χ0v) is 7.44. The molecule has 2 nitrogen and oxygen atoms in total. The van der Waals surface area contributed by atoms with E-state index in [4.69, 9.17) is 4.74 Å². The van der Waals surface area contributed by atoms with Crippen LogP contribution < -0.4 is 0 Å². The van der Waals surface area contributed by atoms with Gasteiger partial charge in [-0.1, -0.05) is 15.9 Å². The van der Waals surface area contributed by atoms with E-state index < -0.39 is 0 Å². The minimum Gasteiger partial charge on any atom is -0.462 e. The summed E-state index contributed by atoms with van der Waals surface area (Å²) in [5.74, 6) is -0.204. The van der Waals surface area contributed by atoms with Gasteiger partial charge in [-0.2, -0.15) is 0 Å². The summed E-state index contributed by atoms with van der Waals surface area (Å²) >= 11 is 3.09. The topological polar surface area (TPSA) is 26.3 Å². The minimum atomic E-state index is -0.204. The van der Waals surface area contributed by atoms with E-state index in [9.17, 15) is 4.79 Å². The molecule has 9 heavy (non-hydrogen) atoms. The summed E-state index contributed by atoms with van der Waals surface area (Å²) in [6.07, 6.45) is -0.0162. The fourth-order valence-electron chi connectivity index (χ4n) is 0.326. The number of halogens is 1. The maximum Gasteiger partial charge on any atom is 0.319 e. The third-order valence-electron chi connectivity index (χ3n) is 0.677. The van der Waals surface area contributed by atoms with Crippen molar-refractivity contribution in [3.05, 3.63) is 0 Å². The van der Waals surface area contributed by atoms with Crippen LogP contribution in [0.4, 0.5) is 0 Å². The lowest BCUT2D eigenvalue weighted by Gasteiger charge is -2.08. The van der Waals surface area contributed by atoms with Crippen LogP contribution in [0.25, 0.3) is 0 Å². The van der Waals surface area contributed by atoms with Crippen molar-refractivity contribution in [1.82, 2.24) is 0 Å². The highest BCUT2D eigenvalue weighted by Gasteiger charge is 2.10. The molecule has 0 aliphatic rings. The van der Waals surface area contributed by atoms with Crippen LogP contribution in [0.5, 0.6) is 0 Å². The summed E-state index contributed by atoms with van der Waals surface area (Å²) in [5, 5.41) is 0. The Kier molecular flexibility index (Phi) is 3.86. The fourth-order valence-corrected chi connectivity index (χ4v) is 0.434. The van der Waals surface area contributed by atoms with Gasteiger partial charge in [0.05, 0.1) is 6.10 Å². The Morgan fingerprint density at radius 1 is 1.44 bits per heavy atom. The third-order valence-corrected chi connectivity index (χ3v) is 1.05. The van der Waals surface area contributed by atoms with Gasteiger partial charge < -0.3 is 4.74 Å². The number of ether oxygens (including phenoxy) is 1. The Labute approximate surface area is 63.7 Å². The minimum absolute atomic E-state index is 0.0162. The van der Waals surface area contributed by atoms with Gasteiger partial charge in [0.15, 0.2) is 0 Å². The van der Waals surface area contributed by atoms with Gasteiger partial charge in [-0.25, -0.2) is 0 Å². The van der Waals surface area contributed by atoms with Gasteiger partial charge in [0.1, 0.15) is 4.83 Å². The average molecular weight is 195 g/mol. The lowest BCUT2D eigenvalue weighted by Crippen LogP contribution is -2.18. The number of alkyl halides is 1. The molecule has 0 amide bonds. The molecule has 1 atom stereocenters. The smallest absolute Gasteiger partial charge is 0.319 e. The summed E-state index contributed by atoms with van der Waals surface area (Å²) < 4.78 is 4.83. The van der Waals surface area contributed by atoms with Gasteiger partial charge in [0.25, 0.3) is 0 Å². The monoisotopic (exact) mass is 194 g/mol. The molecule has 54 valence electrons. The Bertz CT molecular complexity index is 99.2. The Morgan fingerprint density at radius 3 is 2.00 bits per heavy atom. The Balaban J connectivity index is 3.51. The van der Waals surface area contributed by atoms with E-state index in [-0.39, 0.29) is 16.9 Å². The maximum atomic E-state index is 10.7. The van der Waals surface area contributed by atoms with Gasteiger partial charge in [-0.3, -0.25) is 4.79 Å². The van der Waals surface area contributed by atoms with E-state index in [1.165, 1.54) is 0 Å². The number of carbonyl (C=O) groups is 1. The average Bonchev–Trinajstić information content (AvgIpc) is 1.63. The second-order valence-corrected chi connectivity index (χ2v) is 3.48. The van der Waals surface area contributed by atoms with E-state index in [2.05, 4.69) is 15.9 Å². The number of hydrogen-bond acceptors (Lipinski definition) is 2. The second-order valence-electron chi connectivity index (χ2n) is 2.10. The number of esters is 1. The molecule has 0 aromatic carbocycles.